The molecule has 1 aromatic rings. The molecule has 84 valence electrons. The third-order valence-corrected chi connectivity index (χ3v) is 2.57. The van der Waals surface area contributed by atoms with Crippen molar-refractivity contribution in [2.24, 2.45) is 0 Å². The maximum Gasteiger partial charge on any atom is 0.0802 e. The van der Waals surface area contributed by atoms with Gasteiger partial charge in [-0.25, -0.2) is 0 Å². The zero-order valence-electron chi connectivity index (χ0n) is 9.06. The SMILES string of the molecule is CCC(O)C(O)CCc1ccc(N)cc1. The number of benzene rings is 1. The predicted molar refractivity (Wildman–Crippen MR) is 61.5 cm³/mol. The van der Waals surface area contributed by atoms with Gasteiger partial charge in [0.1, 0.15) is 0 Å². The van der Waals surface area contributed by atoms with Gasteiger partial charge in [0.05, 0.1) is 12.2 Å². The van der Waals surface area contributed by atoms with Crippen molar-refractivity contribution >= 4 is 5.69 Å². The van der Waals surface area contributed by atoms with Crippen molar-refractivity contribution in [3.05, 3.63) is 29.8 Å². The average molecular weight is 209 g/mol. The van der Waals surface area contributed by atoms with Gasteiger partial charge in [-0.3, -0.25) is 0 Å². The molecule has 0 saturated heterocycles. The van der Waals surface area contributed by atoms with Crippen LogP contribution in [0.15, 0.2) is 24.3 Å². The zero-order valence-corrected chi connectivity index (χ0v) is 9.06. The Kier molecular flexibility index (Phi) is 4.59. The van der Waals surface area contributed by atoms with Gasteiger partial charge in [-0.05, 0) is 37.0 Å². The van der Waals surface area contributed by atoms with Gasteiger partial charge in [0, 0.05) is 5.69 Å². The highest BCUT2D eigenvalue weighted by molar-refractivity contribution is 5.39. The average Bonchev–Trinajstić information content (AvgIpc) is 2.26. The maximum atomic E-state index is 9.56. The molecule has 0 aliphatic rings. The highest BCUT2D eigenvalue weighted by Gasteiger charge is 2.13. The molecule has 0 aliphatic carbocycles. The van der Waals surface area contributed by atoms with Crippen LogP contribution < -0.4 is 5.73 Å². The lowest BCUT2D eigenvalue weighted by Crippen LogP contribution is -2.25. The molecule has 4 N–H and O–H groups in total. The molecule has 0 bridgehead atoms. The lowest BCUT2D eigenvalue weighted by molar-refractivity contribution is 0.0130. The number of rotatable bonds is 5. The molecule has 1 aromatic carbocycles. The molecule has 0 amide bonds. The number of nitrogens with two attached hydrogens (primary N) is 1. The minimum absolute atomic E-state index is 0.582. The van der Waals surface area contributed by atoms with E-state index in [9.17, 15) is 10.2 Å². The van der Waals surface area contributed by atoms with Gasteiger partial charge >= 0.3 is 0 Å². The molecule has 0 aromatic heterocycles. The standard InChI is InChI=1S/C12H19NO2/c1-2-11(14)12(15)8-5-9-3-6-10(13)7-4-9/h3-4,6-7,11-12,14-15H,2,5,8,13H2,1H3. The van der Waals surface area contributed by atoms with E-state index in [1.807, 2.05) is 31.2 Å². The van der Waals surface area contributed by atoms with E-state index >= 15 is 0 Å². The molecule has 2 atom stereocenters. The van der Waals surface area contributed by atoms with Crippen molar-refractivity contribution in [2.75, 3.05) is 5.73 Å². The first kappa shape index (κ1) is 12.0. The third kappa shape index (κ3) is 3.90. The molecule has 15 heavy (non-hydrogen) atoms. The number of aryl methyl sites for hydroxylation is 1. The van der Waals surface area contributed by atoms with Crippen molar-refractivity contribution in [1.82, 2.24) is 0 Å². The smallest absolute Gasteiger partial charge is 0.0802 e. The minimum atomic E-state index is -0.632. The van der Waals surface area contributed by atoms with E-state index in [1.54, 1.807) is 0 Å². The molecule has 0 fully saturated rings. The van der Waals surface area contributed by atoms with Crippen LogP contribution >= 0.6 is 0 Å². The zero-order chi connectivity index (χ0) is 11.3. The Morgan fingerprint density at radius 1 is 1.13 bits per heavy atom. The van der Waals surface area contributed by atoms with E-state index in [0.29, 0.717) is 12.8 Å². The Morgan fingerprint density at radius 2 is 1.73 bits per heavy atom. The summed E-state index contributed by atoms with van der Waals surface area (Å²) in [5.74, 6) is 0. The summed E-state index contributed by atoms with van der Waals surface area (Å²) in [6.07, 6.45) is 0.687. The fourth-order valence-corrected chi connectivity index (χ4v) is 1.46. The van der Waals surface area contributed by atoms with Gasteiger partial charge in [-0.2, -0.15) is 0 Å². The summed E-state index contributed by atoms with van der Waals surface area (Å²) in [5, 5.41) is 18.9. The summed E-state index contributed by atoms with van der Waals surface area (Å²) >= 11 is 0. The van der Waals surface area contributed by atoms with Gasteiger partial charge in [0.15, 0.2) is 0 Å². The van der Waals surface area contributed by atoms with E-state index in [4.69, 9.17) is 5.73 Å². The van der Waals surface area contributed by atoms with Crippen LogP contribution in [0.2, 0.25) is 0 Å². The summed E-state index contributed by atoms with van der Waals surface area (Å²) in [7, 11) is 0. The fourth-order valence-electron chi connectivity index (χ4n) is 1.46. The van der Waals surface area contributed by atoms with Crippen LogP contribution in [-0.2, 0) is 6.42 Å². The maximum absolute atomic E-state index is 9.56. The number of anilines is 1. The van der Waals surface area contributed by atoms with Crippen LogP contribution in [0.4, 0.5) is 5.69 Å². The summed E-state index contributed by atoms with van der Waals surface area (Å²) in [6.45, 7) is 1.86. The quantitative estimate of drug-likeness (QED) is 0.641. The molecule has 1 rings (SSSR count). The van der Waals surface area contributed by atoms with Crippen molar-refractivity contribution in [3.8, 4) is 0 Å². The van der Waals surface area contributed by atoms with Crippen LogP contribution in [0.25, 0.3) is 0 Å². The Hall–Kier alpha value is -1.06. The topological polar surface area (TPSA) is 66.5 Å². The highest BCUT2D eigenvalue weighted by Crippen LogP contribution is 2.11. The van der Waals surface area contributed by atoms with E-state index < -0.39 is 12.2 Å². The molecule has 3 nitrogen and oxygen atoms in total. The van der Waals surface area contributed by atoms with Gasteiger partial charge in [0.25, 0.3) is 0 Å². The van der Waals surface area contributed by atoms with Crippen molar-refractivity contribution in [2.45, 2.75) is 38.4 Å². The summed E-state index contributed by atoms with van der Waals surface area (Å²) in [4.78, 5) is 0. The number of hydrogen-bond acceptors (Lipinski definition) is 3. The second-order valence-corrected chi connectivity index (χ2v) is 3.82. The number of aliphatic hydroxyl groups excluding tert-OH is 2. The second kappa shape index (κ2) is 5.73. The van der Waals surface area contributed by atoms with Crippen molar-refractivity contribution < 1.29 is 10.2 Å². The van der Waals surface area contributed by atoms with Gasteiger partial charge in [-0.15, -0.1) is 0 Å². The molecule has 0 radical (unpaired) electrons. The first-order chi connectivity index (χ1) is 7.13. The summed E-state index contributed by atoms with van der Waals surface area (Å²) in [5.41, 5.74) is 7.44. The highest BCUT2D eigenvalue weighted by atomic mass is 16.3. The van der Waals surface area contributed by atoms with Gasteiger partial charge in [0.2, 0.25) is 0 Å². The molecule has 3 heteroatoms. The fraction of sp³-hybridized carbons (Fsp3) is 0.500. The summed E-state index contributed by atoms with van der Waals surface area (Å²) in [6, 6.07) is 7.58. The molecule has 0 heterocycles. The van der Waals surface area contributed by atoms with Crippen molar-refractivity contribution in [3.63, 3.8) is 0 Å². The molecule has 2 unspecified atom stereocenters. The van der Waals surface area contributed by atoms with E-state index in [-0.39, 0.29) is 0 Å². The Balaban J connectivity index is 2.40. The summed E-state index contributed by atoms with van der Waals surface area (Å²) < 4.78 is 0. The lowest BCUT2D eigenvalue weighted by atomic mass is 10.0. The van der Waals surface area contributed by atoms with E-state index in [0.717, 1.165) is 17.7 Å². The number of nitrogen functional groups attached to an aromatic ring is 1. The second-order valence-electron chi connectivity index (χ2n) is 3.82. The predicted octanol–water partition coefficient (Wildman–Crippen LogP) is 1.33. The van der Waals surface area contributed by atoms with E-state index in [2.05, 4.69) is 0 Å². The van der Waals surface area contributed by atoms with Crippen LogP contribution in [0.3, 0.4) is 0 Å². The number of aliphatic hydroxyl groups is 2. The van der Waals surface area contributed by atoms with Crippen LogP contribution in [-0.4, -0.2) is 22.4 Å². The minimum Gasteiger partial charge on any atom is -0.399 e. The van der Waals surface area contributed by atoms with Crippen LogP contribution in [0.5, 0.6) is 0 Å². The van der Waals surface area contributed by atoms with E-state index in [1.165, 1.54) is 0 Å². The Morgan fingerprint density at radius 3 is 2.27 bits per heavy atom. The van der Waals surface area contributed by atoms with Gasteiger partial charge < -0.3 is 15.9 Å². The molecular formula is C12H19NO2. The third-order valence-electron chi connectivity index (χ3n) is 2.57. The Bertz CT molecular complexity index is 284. The molecular weight excluding hydrogens is 190 g/mol. The first-order valence-corrected chi connectivity index (χ1v) is 5.34. The largest absolute Gasteiger partial charge is 0.399 e. The molecule has 0 saturated carbocycles. The van der Waals surface area contributed by atoms with Crippen molar-refractivity contribution in [1.29, 1.82) is 0 Å². The van der Waals surface area contributed by atoms with Crippen LogP contribution in [0, 0.1) is 0 Å². The van der Waals surface area contributed by atoms with Crippen LogP contribution in [0.1, 0.15) is 25.3 Å². The van der Waals surface area contributed by atoms with Gasteiger partial charge in [-0.1, -0.05) is 19.1 Å². The Labute approximate surface area is 90.5 Å². The molecule has 0 spiro atoms. The monoisotopic (exact) mass is 209 g/mol. The number of hydrogen-bond donors (Lipinski definition) is 3. The normalized spacial score (nSPS) is 14.9. The lowest BCUT2D eigenvalue weighted by Gasteiger charge is -2.15. The first-order valence-electron chi connectivity index (χ1n) is 5.34. The molecule has 0 aliphatic heterocycles.